The third-order valence-electron chi connectivity index (χ3n) is 7.68. The highest BCUT2D eigenvalue weighted by molar-refractivity contribution is 5.90. The van der Waals surface area contributed by atoms with E-state index in [0.717, 1.165) is 30.5 Å². The largest absolute Gasteiger partial charge is 0.445 e. The van der Waals surface area contributed by atoms with Crippen LogP contribution in [-0.4, -0.2) is 87.2 Å². The second kappa shape index (κ2) is 23.2. The van der Waals surface area contributed by atoms with Gasteiger partial charge in [-0.3, -0.25) is 19.2 Å². The molecular weight excluding hydrogens is 646 g/mol. The van der Waals surface area contributed by atoms with E-state index in [2.05, 4.69) is 37.2 Å². The van der Waals surface area contributed by atoms with Crippen molar-refractivity contribution in [3.63, 3.8) is 0 Å². The van der Waals surface area contributed by atoms with Crippen molar-refractivity contribution >= 4 is 35.8 Å². The third-order valence-corrected chi connectivity index (χ3v) is 7.68. The monoisotopic (exact) mass is 695 g/mol. The predicted octanol–water partition coefficient (Wildman–Crippen LogP) is 1.38. The summed E-state index contributed by atoms with van der Waals surface area (Å²) in [7, 11) is 0. The maximum absolute atomic E-state index is 13.1. The second-order valence-electron chi connectivity index (χ2n) is 11.7. The minimum Gasteiger partial charge on any atom is -0.445 e. The van der Waals surface area contributed by atoms with Crippen LogP contribution < -0.4 is 37.2 Å². The Hall–Kier alpha value is -5.18. The van der Waals surface area contributed by atoms with Gasteiger partial charge in [-0.1, -0.05) is 73.5 Å². The number of alkyl carbamates (subject to hydrolysis) is 2. The molecule has 0 radical (unpaired) electrons. The van der Waals surface area contributed by atoms with Crippen molar-refractivity contribution in [3.8, 4) is 0 Å². The molecule has 6 amide bonds. The number of benzene rings is 2. The number of carbonyl (C=O) groups excluding carboxylic acids is 6. The van der Waals surface area contributed by atoms with Crippen LogP contribution in [0.3, 0.4) is 0 Å². The molecule has 2 aromatic carbocycles. The van der Waals surface area contributed by atoms with Gasteiger partial charge in [-0.25, -0.2) is 9.59 Å². The van der Waals surface area contributed by atoms with Crippen LogP contribution in [0.5, 0.6) is 0 Å². The van der Waals surface area contributed by atoms with Crippen LogP contribution in [0.2, 0.25) is 0 Å². The number of nitrogens with one attached hydrogen (secondary N) is 7. The average Bonchev–Trinajstić information content (AvgIpc) is 3.13. The fourth-order valence-corrected chi connectivity index (χ4v) is 4.92. The molecule has 50 heavy (non-hydrogen) atoms. The molecular formula is C35H49N7O8. The zero-order valence-corrected chi connectivity index (χ0v) is 28.3. The smallest absolute Gasteiger partial charge is 0.408 e. The lowest BCUT2D eigenvalue weighted by atomic mass is 10.0. The summed E-state index contributed by atoms with van der Waals surface area (Å²) in [5, 5.41) is 19.1. The van der Waals surface area contributed by atoms with Gasteiger partial charge in [0.25, 0.3) is 0 Å². The van der Waals surface area contributed by atoms with E-state index >= 15 is 0 Å². The first-order valence-corrected chi connectivity index (χ1v) is 17.0. The molecule has 15 heteroatoms. The molecule has 1 aliphatic rings. The van der Waals surface area contributed by atoms with E-state index in [0.29, 0.717) is 38.9 Å². The van der Waals surface area contributed by atoms with Gasteiger partial charge in [0.15, 0.2) is 0 Å². The molecule has 1 aliphatic heterocycles. The first kappa shape index (κ1) is 39.3. The van der Waals surface area contributed by atoms with Crippen molar-refractivity contribution < 1.29 is 38.2 Å². The van der Waals surface area contributed by atoms with Gasteiger partial charge in [-0.2, -0.15) is 0 Å². The topological polar surface area (TPSA) is 205 Å². The lowest BCUT2D eigenvalue weighted by Crippen LogP contribution is -2.49. The fourth-order valence-electron chi connectivity index (χ4n) is 4.92. The van der Waals surface area contributed by atoms with Gasteiger partial charge < -0.3 is 46.7 Å². The predicted molar refractivity (Wildman–Crippen MR) is 184 cm³/mol. The van der Waals surface area contributed by atoms with Crippen LogP contribution in [0.25, 0.3) is 0 Å². The fraction of sp³-hybridized carbons (Fsp3) is 0.486. The van der Waals surface area contributed by atoms with Gasteiger partial charge in [0, 0.05) is 13.1 Å². The number of carbonyl (C=O) groups is 6. The summed E-state index contributed by atoms with van der Waals surface area (Å²) >= 11 is 0. The quantitative estimate of drug-likeness (QED) is 0.233. The molecule has 2 atom stereocenters. The molecule has 1 unspecified atom stereocenters. The Morgan fingerprint density at radius 1 is 0.560 bits per heavy atom. The van der Waals surface area contributed by atoms with E-state index < -0.39 is 36.1 Å². The van der Waals surface area contributed by atoms with Gasteiger partial charge in [0.2, 0.25) is 23.6 Å². The molecule has 1 saturated heterocycles. The van der Waals surface area contributed by atoms with Gasteiger partial charge >= 0.3 is 12.2 Å². The van der Waals surface area contributed by atoms with Crippen LogP contribution >= 0.6 is 0 Å². The average molecular weight is 696 g/mol. The summed E-state index contributed by atoms with van der Waals surface area (Å²) in [4.78, 5) is 76.2. The highest BCUT2D eigenvalue weighted by atomic mass is 16.6. The maximum atomic E-state index is 13.1. The normalized spacial score (nSPS) is 19.6. The molecule has 1 fully saturated rings. The van der Waals surface area contributed by atoms with Gasteiger partial charge in [0.1, 0.15) is 25.3 Å². The van der Waals surface area contributed by atoms with Crippen molar-refractivity contribution in [3.05, 3.63) is 71.8 Å². The first-order chi connectivity index (χ1) is 24.3. The van der Waals surface area contributed by atoms with Crippen LogP contribution in [0.4, 0.5) is 9.59 Å². The molecule has 2 aromatic rings. The zero-order valence-electron chi connectivity index (χ0n) is 28.3. The van der Waals surface area contributed by atoms with E-state index in [9.17, 15) is 28.8 Å². The third kappa shape index (κ3) is 16.8. The molecule has 15 nitrogen and oxygen atoms in total. The van der Waals surface area contributed by atoms with Crippen LogP contribution in [0.1, 0.15) is 56.1 Å². The van der Waals surface area contributed by atoms with E-state index in [1.165, 1.54) is 0 Å². The van der Waals surface area contributed by atoms with Crippen molar-refractivity contribution in [1.82, 2.24) is 37.2 Å². The number of rotatable bonds is 6. The number of amides is 6. The van der Waals surface area contributed by atoms with Crippen LogP contribution in [-0.2, 0) is 41.9 Å². The molecule has 0 aromatic heterocycles. The Labute approximate surface area is 292 Å². The lowest BCUT2D eigenvalue weighted by Gasteiger charge is -2.20. The van der Waals surface area contributed by atoms with E-state index in [-0.39, 0.29) is 51.0 Å². The summed E-state index contributed by atoms with van der Waals surface area (Å²) in [6.07, 6.45) is 1.62. The Morgan fingerprint density at radius 3 is 1.46 bits per heavy atom. The van der Waals surface area contributed by atoms with Crippen molar-refractivity contribution in [2.75, 3.05) is 39.3 Å². The van der Waals surface area contributed by atoms with Gasteiger partial charge in [-0.15, -0.1) is 0 Å². The second-order valence-corrected chi connectivity index (χ2v) is 11.7. The van der Waals surface area contributed by atoms with E-state index in [1.54, 1.807) is 24.3 Å². The number of hydrogen-bond donors (Lipinski definition) is 7. The molecule has 1 heterocycles. The number of hydrogen-bond acceptors (Lipinski definition) is 9. The Bertz CT molecular complexity index is 1260. The van der Waals surface area contributed by atoms with E-state index in [4.69, 9.17) is 9.47 Å². The number of ether oxygens (including phenoxy) is 2. The highest BCUT2D eigenvalue weighted by Gasteiger charge is 2.25. The summed E-state index contributed by atoms with van der Waals surface area (Å²) in [5.41, 5.74) is 1.54. The standard InChI is InChI=1S/C35H49N7O8/c43-30-22-39-32(45)28(41-34(47)49-24-26-12-3-1-4-13-26)16-7-8-17-29(42-35(48)50-25-27-14-5-2-6-15-27)33(46)40-23-31(44)38-21-11-19-36-18-9-10-20-37-30/h1-6,12-15,28-29,36H,7-11,16-25H2,(H,37,43)(H,38,44)(H,39,45)(H,40,46)(H,41,47)(H,42,48)/t28?,29-/m0/s1. The van der Waals surface area contributed by atoms with E-state index in [1.807, 2.05) is 36.4 Å². The SMILES string of the molecule is O=C1CNC(=O)C(NC(=O)OCc2ccccc2)CCCC[C@H](NC(=O)OCc2ccccc2)C(=O)NCC(=O)NCCCNCCCCN1. The zero-order chi connectivity index (χ0) is 35.8. The molecule has 3 rings (SSSR count). The molecule has 0 spiro atoms. The molecule has 0 bridgehead atoms. The maximum Gasteiger partial charge on any atom is 0.408 e. The van der Waals surface area contributed by atoms with Gasteiger partial charge in [0.05, 0.1) is 13.1 Å². The molecule has 0 aliphatic carbocycles. The molecule has 7 N–H and O–H groups in total. The van der Waals surface area contributed by atoms with Crippen molar-refractivity contribution in [2.24, 2.45) is 0 Å². The van der Waals surface area contributed by atoms with Crippen LogP contribution in [0, 0.1) is 0 Å². The highest BCUT2D eigenvalue weighted by Crippen LogP contribution is 2.10. The van der Waals surface area contributed by atoms with Crippen molar-refractivity contribution in [1.29, 1.82) is 0 Å². The Balaban J connectivity index is 1.63. The van der Waals surface area contributed by atoms with Crippen molar-refractivity contribution in [2.45, 2.75) is 70.2 Å². The summed E-state index contributed by atoms with van der Waals surface area (Å²) < 4.78 is 10.6. The minimum absolute atomic E-state index is 0.000204. The lowest BCUT2D eigenvalue weighted by molar-refractivity contribution is -0.127. The molecule has 0 saturated carbocycles. The summed E-state index contributed by atoms with van der Waals surface area (Å²) in [5.74, 6) is -1.87. The summed E-state index contributed by atoms with van der Waals surface area (Å²) in [6, 6.07) is 16.0. The van der Waals surface area contributed by atoms with Gasteiger partial charge in [-0.05, 0) is 56.3 Å². The molecule has 272 valence electrons. The van der Waals surface area contributed by atoms with Crippen LogP contribution in [0.15, 0.2) is 60.7 Å². The first-order valence-electron chi connectivity index (χ1n) is 17.0. The summed E-state index contributed by atoms with van der Waals surface area (Å²) in [6.45, 7) is 1.74. The minimum atomic E-state index is -1.04. The Kier molecular flexibility index (Phi) is 18.2. The Morgan fingerprint density at radius 2 is 0.980 bits per heavy atom.